The fourth-order valence-corrected chi connectivity index (χ4v) is 1.62. The zero-order valence-electron chi connectivity index (χ0n) is 9.45. The van der Waals surface area contributed by atoms with Crippen LogP contribution >= 0.6 is 15.9 Å². The zero-order chi connectivity index (χ0) is 14.7. The highest BCUT2D eigenvalue weighted by molar-refractivity contribution is 9.09. The summed E-state index contributed by atoms with van der Waals surface area (Å²) in [6.45, 7) is 0. The first kappa shape index (κ1) is 16.1. The summed E-state index contributed by atoms with van der Waals surface area (Å²) >= 11 is 3.10. The normalized spacial score (nSPS) is 13.2. The Labute approximate surface area is 114 Å². The molecule has 0 saturated heterocycles. The number of hydrogen-bond acceptors (Lipinski definition) is 0. The highest BCUT2D eigenvalue weighted by atomic mass is 79.9. The Morgan fingerprint density at radius 3 is 1.74 bits per heavy atom. The Kier molecular flexibility index (Phi) is 5.06. The van der Waals surface area contributed by atoms with Crippen molar-refractivity contribution in [2.24, 2.45) is 0 Å². The fraction of sp³-hybridized carbons (Fsp3) is 0.333. The lowest BCUT2D eigenvalue weighted by Crippen LogP contribution is -2.11. The zero-order valence-corrected chi connectivity index (χ0v) is 11.0. The van der Waals surface area contributed by atoms with Gasteiger partial charge in [-0.2, -0.15) is 26.3 Å². The number of rotatable bonds is 3. The largest absolute Gasteiger partial charge is 0.416 e. The quantitative estimate of drug-likeness (QED) is 0.499. The summed E-state index contributed by atoms with van der Waals surface area (Å²) in [6.07, 6.45) is -6.35. The van der Waals surface area contributed by atoms with Gasteiger partial charge in [0, 0.05) is 5.33 Å². The van der Waals surface area contributed by atoms with Gasteiger partial charge in [0.2, 0.25) is 0 Å². The van der Waals surface area contributed by atoms with Crippen molar-refractivity contribution >= 4 is 22.0 Å². The Hall–Kier alpha value is -0.980. The molecule has 0 aliphatic rings. The fourth-order valence-electron chi connectivity index (χ4n) is 1.36. The molecule has 0 atom stereocenters. The van der Waals surface area contributed by atoms with E-state index in [-0.39, 0.29) is 11.6 Å². The first-order chi connectivity index (χ1) is 8.64. The third-order valence-corrected chi connectivity index (χ3v) is 2.65. The maximum absolute atomic E-state index is 12.5. The van der Waals surface area contributed by atoms with Crippen LogP contribution in [0.3, 0.4) is 0 Å². The third-order valence-electron chi connectivity index (χ3n) is 2.20. The predicted molar refractivity (Wildman–Crippen MR) is 63.9 cm³/mol. The molecule has 0 amide bonds. The molecule has 0 aliphatic carbocycles. The third kappa shape index (κ3) is 4.89. The molecule has 0 unspecified atom stereocenters. The molecule has 0 fully saturated rings. The summed E-state index contributed by atoms with van der Waals surface area (Å²) in [6, 6.07) is 1.50. The molecule has 0 radical (unpaired) electrons. The van der Waals surface area contributed by atoms with E-state index >= 15 is 0 Å². The second-order valence-electron chi connectivity index (χ2n) is 3.72. The Bertz CT molecular complexity index is 426. The molecular weight excluding hydrogens is 338 g/mol. The predicted octanol–water partition coefficient (Wildman–Crippen LogP) is 5.52. The molecule has 19 heavy (non-hydrogen) atoms. The van der Waals surface area contributed by atoms with E-state index in [0.29, 0.717) is 23.9 Å². The molecule has 0 spiro atoms. The number of allylic oxidation sites excluding steroid dienone is 1. The number of halogens is 7. The van der Waals surface area contributed by atoms with Crippen molar-refractivity contribution < 1.29 is 26.3 Å². The minimum atomic E-state index is -4.81. The second kappa shape index (κ2) is 5.98. The van der Waals surface area contributed by atoms with E-state index in [9.17, 15) is 26.3 Å². The van der Waals surface area contributed by atoms with Gasteiger partial charge in [0.15, 0.2) is 0 Å². The number of benzene rings is 1. The first-order valence-corrected chi connectivity index (χ1v) is 6.28. The Morgan fingerprint density at radius 2 is 1.37 bits per heavy atom. The van der Waals surface area contributed by atoms with Crippen molar-refractivity contribution in [2.45, 2.75) is 18.8 Å². The van der Waals surface area contributed by atoms with Crippen LogP contribution < -0.4 is 0 Å². The van der Waals surface area contributed by atoms with Gasteiger partial charge in [0.25, 0.3) is 0 Å². The SMILES string of the molecule is FC(F)(F)c1cc(C=CCCBr)cc(C(F)(F)F)c1. The average molecular weight is 347 g/mol. The molecule has 0 aromatic heterocycles. The van der Waals surface area contributed by atoms with Crippen LogP contribution in [0.5, 0.6) is 0 Å². The Balaban J connectivity index is 3.25. The van der Waals surface area contributed by atoms with E-state index in [1.54, 1.807) is 0 Å². The summed E-state index contributed by atoms with van der Waals surface area (Å²) in [4.78, 5) is 0. The molecule has 106 valence electrons. The minimum Gasteiger partial charge on any atom is -0.166 e. The molecule has 0 heterocycles. The molecule has 1 rings (SSSR count). The summed E-state index contributed by atoms with van der Waals surface area (Å²) < 4.78 is 75.2. The van der Waals surface area contributed by atoms with Crippen LogP contribution in [0.2, 0.25) is 0 Å². The van der Waals surface area contributed by atoms with Gasteiger partial charge in [-0.05, 0) is 30.2 Å². The average Bonchev–Trinajstić information content (AvgIpc) is 2.27. The molecule has 7 heteroatoms. The van der Waals surface area contributed by atoms with Crippen LogP contribution in [-0.2, 0) is 12.4 Å². The highest BCUT2D eigenvalue weighted by Gasteiger charge is 2.36. The molecule has 0 nitrogen and oxygen atoms in total. The van der Waals surface area contributed by atoms with Crippen LogP contribution in [0.4, 0.5) is 26.3 Å². The van der Waals surface area contributed by atoms with Crippen molar-refractivity contribution in [3.05, 3.63) is 41.0 Å². The van der Waals surface area contributed by atoms with Gasteiger partial charge in [0.1, 0.15) is 0 Å². The lowest BCUT2D eigenvalue weighted by atomic mass is 10.0. The van der Waals surface area contributed by atoms with Crippen molar-refractivity contribution in [2.75, 3.05) is 5.33 Å². The second-order valence-corrected chi connectivity index (χ2v) is 4.51. The minimum absolute atomic E-state index is 0.113. The molecule has 0 saturated carbocycles. The van der Waals surface area contributed by atoms with Crippen LogP contribution in [0.25, 0.3) is 6.08 Å². The van der Waals surface area contributed by atoms with Crippen LogP contribution in [0, 0.1) is 0 Å². The van der Waals surface area contributed by atoms with E-state index < -0.39 is 23.5 Å². The van der Waals surface area contributed by atoms with Crippen molar-refractivity contribution in [3.8, 4) is 0 Å². The van der Waals surface area contributed by atoms with Gasteiger partial charge < -0.3 is 0 Å². The highest BCUT2D eigenvalue weighted by Crippen LogP contribution is 2.36. The lowest BCUT2D eigenvalue weighted by Gasteiger charge is -2.12. The van der Waals surface area contributed by atoms with Crippen molar-refractivity contribution in [1.29, 1.82) is 0 Å². The smallest absolute Gasteiger partial charge is 0.166 e. The van der Waals surface area contributed by atoms with Crippen LogP contribution in [0.1, 0.15) is 23.1 Å². The summed E-state index contributed by atoms with van der Waals surface area (Å²) in [7, 11) is 0. The topological polar surface area (TPSA) is 0 Å². The van der Waals surface area contributed by atoms with Crippen molar-refractivity contribution in [3.63, 3.8) is 0 Å². The van der Waals surface area contributed by atoms with Crippen LogP contribution in [0.15, 0.2) is 24.3 Å². The van der Waals surface area contributed by atoms with Crippen LogP contribution in [-0.4, -0.2) is 5.33 Å². The van der Waals surface area contributed by atoms with E-state index in [1.807, 2.05) is 0 Å². The van der Waals surface area contributed by atoms with Gasteiger partial charge in [-0.15, -0.1) is 0 Å². The summed E-state index contributed by atoms with van der Waals surface area (Å²) in [5.41, 5.74) is -2.73. The molecule has 0 bridgehead atoms. The standard InChI is InChI=1S/C12H9BrF6/c13-4-2-1-3-8-5-9(11(14,15)16)7-10(6-8)12(17,18)19/h1,3,5-7H,2,4H2. The number of alkyl halides is 7. The maximum atomic E-state index is 12.5. The molecule has 0 N–H and O–H groups in total. The van der Waals surface area contributed by atoms with Gasteiger partial charge in [-0.1, -0.05) is 28.1 Å². The van der Waals surface area contributed by atoms with Gasteiger partial charge >= 0.3 is 12.4 Å². The molecule has 1 aromatic rings. The van der Waals surface area contributed by atoms with Gasteiger partial charge in [0.05, 0.1) is 11.1 Å². The monoisotopic (exact) mass is 346 g/mol. The van der Waals surface area contributed by atoms with E-state index in [1.165, 1.54) is 12.2 Å². The Morgan fingerprint density at radius 1 is 0.895 bits per heavy atom. The first-order valence-electron chi connectivity index (χ1n) is 5.16. The van der Waals surface area contributed by atoms with E-state index in [2.05, 4.69) is 15.9 Å². The molecule has 1 aromatic carbocycles. The molecular formula is C12H9BrF6. The maximum Gasteiger partial charge on any atom is 0.416 e. The summed E-state index contributed by atoms with van der Waals surface area (Å²) in [5, 5.41) is 0.578. The van der Waals surface area contributed by atoms with Gasteiger partial charge in [-0.25, -0.2) is 0 Å². The van der Waals surface area contributed by atoms with Crippen molar-refractivity contribution in [1.82, 2.24) is 0 Å². The number of hydrogen-bond donors (Lipinski definition) is 0. The van der Waals surface area contributed by atoms with E-state index in [0.717, 1.165) is 0 Å². The molecule has 0 aliphatic heterocycles. The summed E-state index contributed by atoms with van der Waals surface area (Å²) in [5.74, 6) is 0. The lowest BCUT2D eigenvalue weighted by molar-refractivity contribution is -0.143. The van der Waals surface area contributed by atoms with Gasteiger partial charge in [-0.3, -0.25) is 0 Å². The van der Waals surface area contributed by atoms with E-state index in [4.69, 9.17) is 0 Å².